The fourth-order valence-electron chi connectivity index (χ4n) is 4.30. The number of methoxy groups -OCH3 is 3. The lowest BCUT2D eigenvalue weighted by atomic mass is 10.0. The summed E-state index contributed by atoms with van der Waals surface area (Å²) >= 11 is 0. The summed E-state index contributed by atoms with van der Waals surface area (Å²) in [6.45, 7) is 3.60. The molecule has 2 aromatic carbocycles. The predicted molar refractivity (Wildman–Crippen MR) is 133 cm³/mol. The Hall–Kier alpha value is -3.42. The second kappa shape index (κ2) is 12.9. The summed E-state index contributed by atoms with van der Waals surface area (Å²) in [6.07, 6.45) is 3.59. The molecule has 0 aliphatic carbocycles. The number of nitrogens with zero attached hydrogens (tertiary/aromatic N) is 1. The number of benzene rings is 2. The highest BCUT2D eigenvalue weighted by Crippen LogP contribution is 2.38. The van der Waals surface area contributed by atoms with E-state index in [0.717, 1.165) is 37.1 Å². The first-order chi connectivity index (χ1) is 17.0. The average Bonchev–Trinajstić information content (AvgIpc) is 3.44. The lowest BCUT2D eigenvalue weighted by Crippen LogP contribution is -2.32. The fraction of sp³-hybridized carbons (Fsp3) is 0.481. The average molecular weight is 485 g/mol. The number of amides is 2. The quantitative estimate of drug-likeness (QED) is 0.492. The van der Waals surface area contributed by atoms with Crippen LogP contribution in [0.1, 0.15) is 49.8 Å². The maximum atomic E-state index is 12.8. The Morgan fingerprint density at radius 1 is 0.971 bits per heavy atom. The van der Waals surface area contributed by atoms with Crippen LogP contribution in [0.25, 0.3) is 0 Å². The third kappa shape index (κ3) is 6.81. The van der Waals surface area contributed by atoms with Crippen molar-refractivity contribution in [3.8, 4) is 23.0 Å². The second-order valence-corrected chi connectivity index (χ2v) is 8.48. The number of rotatable bonds is 12. The zero-order valence-corrected chi connectivity index (χ0v) is 21.1. The van der Waals surface area contributed by atoms with Crippen LogP contribution in [0, 0.1) is 0 Å². The highest BCUT2D eigenvalue weighted by molar-refractivity contribution is 5.78. The molecular formula is C27H36N2O6. The van der Waals surface area contributed by atoms with Gasteiger partial charge in [0, 0.05) is 25.1 Å². The Morgan fingerprint density at radius 2 is 1.63 bits per heavy atom. The number of para-hydroxylation sites is 1. The molecule has 1 unspecified atom stereocenters. The molecule has 2 amide bonds. The number of carbonyl (C=O) groups is 2. The lowest BCUT2D eigenvalue weighted by molar-refractivity contribution is -0.132. The summed E-state index contributed by atoms with van der Waals surface area (Å²) in [7, 11) is 4.69. The minimum atomic E-state index is -0.222. The number of likely N-dealkylation sites (tertiary alicyclic amines) is 1. The van der Waals surface area contributed by atoms with E-state index in [1.165, 1.54) is 0 Å². The molecule has 1 aliphatic rings. The first-order valence-corrected chi connectivity index (χ1v) is 12.1. The van der Waals surface area contributed by atoms with Gasteiger partial charge in [-0.15, -0.1) is 0 Å². The summed E-state index contributed by atoms with van der Waals surface area (Å²) < 4.78 is 22.1. The molecule has 8 heteroatoms. The number of hydrogen-bond acceptors (Lipinski definition) is 6. The molecule has 0 bridgehead atoms. The first kappa shape index (κ1) is 26.2. The van der Waals surface area contributed by atoms with E-state index >= 15 is 0 Å². The summed E-state index contributed by atoms with van der Waals surface area (Å²) in [5.74, 6) is 2.19. The van der Waals surface area contributed by atoms with Crippen molar-refractivity contribution < 1.29 is 28.5 Å². The van der Waals surface area contributed by atoms with Gasteiger partial charge in [0.1, 0.15) is 5.75 Å². The fourth-order valence-corrected chi connectivity index (χ4v) is 4.30. The molecule has 0 saturated carbocycles. The molecule has 0 spiro atoms. The number of aryl methyl sites for hydroxylation is 1. The van der Waals surface area contributed by atoms with Crippen LogP contribution in [0.15, 0.2) is 36.4 Å². The molecule has 1 heterocycles. The van der Waals surface area contributed by atoms with Gasteiger partial charge < -0.3 is 29.2 Å². The Morgan fingerprint density at radius 3 is 2.23 bits per heavy atom. The van der Waals surface area contributed by atoms with Gasteiger partial charge in [0.25, 0.3) is 5.91 Å². The van der Waals surface area contributed by atoms with E-state index in [2.05, 4.69) is 5.32 Å². The van der Waals surface area contributed by atoms with Gasteiger partial charge in [-0.05, 0) is 49.4 Å². The molecule has 0 aromatic heterocycles. The van der Waals surface area contributed by atoms with Crippen LogP contribution in [0.2, 0.25) is 0 Å². The zero-order valence-electron chi connectivity index (χ0n) is 21.1. The van der Waals surface area contributed by atoms with Gasteiger partial charge in [0.2, 0.25) is 11.7 Å². The van der Waals surface area contributed by atoms with Crippen LogP contribution in [-0.4, -0.2) is 57.7 Å². The van der Waals surface area contributed by atoms with Crippen molar-refractivity contribution in [1.29, 1.82) is 0 Å². The van der Waals surface area contributed by atoms with Crippen molar-refractivity contribution in [3.63, 3.8) is 0 Å². The van der Waals surface area contributed by atoms with Gasteiger partial charge in [-0.1, -0.05) is 25.1 Å². The van der Waals surface area contributed by atoms with Crippen molar-refractivity contribution in [1.82, 2.24) is 10.2 Å². The molecule has 1 saturated heterocycles. The van der Waals surface area contributed by atoms with Crippen LogP contribution in [0.3, 0.4) is 0 Å². The van der Waals surface area contributed by atoms with Gasteiger partial charge in [-0.2, -0.15) is 0 Å². The molecule has 8 nitrogen and oxygen atoms in total. The Kier molecular flexibility index (Phi) is 9.64. The van der Waals surface area contributed by atoms with Crippen LogP contribution in [0.4, 0.5) is 0 Å². The minimum absolute atomic E-state index is 0.000245. The molecule has 1 fully saturated rings. The van der Waals surface area contributed by atoms with E-state index in [0.29, 0.717) is 42.3 Å². The minimum Gasteiger partial charge on any atom is -0.493 e. The number of ether oxygens (including phenoxy) is 4. The molecule has 1 N–H and O–H groups in total. The van der Waals surface area contributed by atoms with Gasteiger partial charge in [0.05, 0.1) is 27.4 Å². The van der Waals surface area contributed by atoms with Gasteiger partial charge in [0.15, 0.2) is 18.1 Å². The van der Waals surface area contributed by atoms with Crippen LogP contribution in [0.5, 0.6) is 23.0 Å². The Labute approximate surface area is 207 Å². The van der Waals surface area contributed by atoms with E-state index in [1.54, 1.807) is 21.3 Å². The smallest absolute Gasteiger partial charge is 0.260 e. The molecule has 1 atom stereocenters. The third-order valence-corrected chi connectivity index (χ3v) is 6.21. The van der Waals surface area contributed by atoms with E-state index in [9.17, 15) is 9.59 Å². The lowest BCUT2D eigenvalue weighted by Gasteiger charge is -2.22. The van der Waals surface area contributed by atoms with Crippen molar-refractivity contribution >= 4 is 11.8 Å². The standard InChI is InChI=1S/C27H36N2O6/c1-5-21(20-10-6-7-11-22(20)35-18-26(31)29-14-8-9-15-29)28-25(30)13-12-19-16-23(32-2)27(34-4)24(17-19)33-3/h6-7,10-11,16-17,21H,5,8-9,12-15,18H2,1-4H3,(H,28,30). The van der Waals surface area contributed by atoms with E-state index in [4.69, 9.17) is 18.9 Å². The predicted octanol–water partition coefficient (Wildman–Crippen LogP) is 3.91. The third-order valence-electron chi connectivity index (χ3n) is 6.21. The SMILES string of the molecule is CCC(NC(=O)CCc1cc(OC)c(OC)c(OC)c1)c1ccccc1OCC(=O)N1CCCC1. The maximum Gasteiger partial charge on any atom is 0.260 e. The summed E-state index contributed by atoms with van der Waals surface area (Å²) in [5, 5.41) is 3.11. The topological polar surface area (TPSA) is 86.3 Å². The van der Waals surface area contributed by atoms with Crippen molar-refractivity contribution in [3.05, 3.63) is 47.5 Å². The highest BCUT2D eigenvalue weighted by atomic mass is 16.5. The van der Waals surface area contributed by atoms with Gasteiger partial charge in [-0.3, -0.25) is 9.59 Å². The monoisotopic (exact) mass is 484 g/mol. The number of nitrogens with one attached hydrogen (secondary N) is 1. The summed E-state index contributed by atoms with van der Waals surface area (Å²) in [6, 6.07) is 11.0. The van der Waals surface area contributed by atoms with Gasteiger partial charge >= 0.3 is 0 Å². The van der Waals surface area contributed by atoms with E-state index in [1.807, 2.05) is 48.2 Å². The first-order valence-electron chi connectivity index (χ1n) is 12.1. The van der Waals surface area contributed by atoms with Crippen molar-refractivity contribution in [2.75, 3.05) is 41.0 Å². The molecule has 3 rings (SSSR count). The van der Waals surface area contributed by atoms with E-state index in [-0.39, 0.29) is 24.5 Å². The number of carbonyl (C=O) groups excluding carboxylic acids is 2. The zero-order chi connectivity index (χ0) is 25.2. The molecule has 1 aliphatic heterocycles. The second-order valence-electron chi connectivity index (χ2n) is 8.48. The van der Waals surface area contributed by atoms with E-state index < -0.39 is 0 Å². The van der Waals surface area contributed by atoms with Crippen molar-refractivity contribution in [2.24, 2.45) is 0 Å². The normalized spacial score (nSPS) is 13.8. The van der Waals surface area contributed by atoms with Crippen molar-refractivity contribution in [2.45, 2.75) is 45.1 Å². The van der Waals surface area contributed by atoms with Crippen LogP contribution in [-0.2, 0) is 16.0 Å². The molecular weight excluding hydrogens is 448 g/mol. The largest absolute Gasteiger partial charge is 0.493 e. The van der Waals surface area contributed by atoms with Gasteiger partial charge in [-0.25, -0.2) is 0 Å². The maximum absolute atomic E-state index is 12.8. The number of hydrogen-bond donors (Lipinski definition) is 1. The summed E-state index contributed by atoms with van der Waals surface area (Å²) in [4.78, 5) is 27.1. The van der Waals surface area contributed by atoms with Crippen LogP contribution >= 0.6 is 0 Å². The molecule has 2 aromatic rings. The molecule has 190 valence electrons. The molecule has 0 radical (unpaired) electrons. The Bertz CT molecular complexity index is 978. The highest BCUT2D eigenvalue weighted by Gasteiger charge is 2.21. The van der Waals surface area contributed by atoms with Crippen LogP contribution < -0.4 is 24.3 Å². The summed E-state index contributed by atoms with van der Waals surface area (Å²) in [5.41, 5.74) is 1.78. The Balaban J connectivity index is 1.62. The molecule has 35 heavy (non-hydrogen) atoms.